The monoisotopic (exact) mass is 243 g/mol. The summed E-state index contributed by atoms with van der Waals surface area (Å²) >= 11 is 0. The summed E-state index contributed by atoms with van der Waals surface area (Å²) in [6.45, 7) is 0. The molecule has 4 aromatic rings. The Morgan fingerprint density at radius 1 is 0.789 bits per heavy atom. The average Bonchev–Trinajstić information content (AvgIpc) is 2.76. The van der Waals surface area contributed by atoms with Gasteiger partial charge in [-0.1, -0.05) is 30.3 Å². The highest BCUT2D eigenvalue weighted by molar-refractivity contribution is 6.25. The van der Waals surface area contributed by atoms with E-state index >= 15 is 0 Å². The van der Waals surface area contributed by atoms with Crippen molar-refractivity contribution in [3.63, 3.8) is 0 Å². The molecule has 1 heteroatoms. The third kappa shape index (κ3) is 1.03. The summed E-state index contributed by atoms with van der Waals surface area (Å²) in [4.78, 5) is 0. The van der Waals surface area contributed by atoms with E-state index in [0.29, 0.717) is 0 Å². The molecule has 1 aliphatic rings. The Hall–Kier alpha value is -2.25. The molecule has 0 saturated carbocycles. The zero-order valence-electron chi connectivity index (χ0n) is 10.2. The molecule has 88 valence electrons. The zero-order chi connectivity index (χ0) is 12.6. The summed E-state index contributed by atoms with van der Waals surface area (Å²) in [5.74, 6) is 0. The molecule has 19 heavy (non-hydrogen) atoms. The molecule has 0 radical (unpaired) electrons. The molecule has 5 rings (SSSR count). The van der Waals surface area contributed by atoms with E-state index in [2.05, 4.69) is 48.5 Å². The highest BCUT2D eigenvalue weighted by atomic mass is 16.3. The van der Waals surface area contributed by atoms with Crippen LogP contribution in [-0.2, 0) is 0 Å². The van der Waals surface area contributed by atoms with Crippen LogP contribution in [-0.4, -0.2) is 5.11 Å². The first-order valence-corrected chi connectivity index (χ1v) is 6.56. The topological polar surface area (TPSA) is 20.2 Å². The van der Waals surface area contributed by atoms with Gasteiger partial charge in [0.2, 0.25) is 0 Å². The Bertz CT molecular complexity index is 952. The van der Waals surface area contributed by atoms with Gasteiger partial charge in [-0.05, 0) is 16.8 Å². The van der Waals surface area contributed by atoms with Gasteiger partial charge in [0.15, 0.2) is 6.10 Å². The summed E-state index contributed by atoms with van der Waals surface area (Å²) in [6, 6.07) is 17.1. The lowest BCUT2D eigenvalue weighted by Crippen LogP contribution is -1.91. The van der Waals surface area contributed by atoms with Gasteiger partial charge in [0.1, 0.15) is 5.56 Å². The van der Waals surface area contributed by atoms with E-state index in [-0.39, 0.29) is 0 Å². The van der Waals surface area contributed by atoms with Crippen molar-refractivity contribution < 1.29 is 5.11 Å². The van der Waals surface area contributed by atoms with Crippen LogP contribution >= 0.6 is 0 Å². The lowest BCUT2D eigenvalue weighted by Gasteiger charge is -2.09. The maximum Gasteiger partial charge on any atom is 0.156 e. The quantitative estimate of drug-likeness (QED) is 0.363. The van der Waals surface area contributed by atoms with Crippen molar-refractivity contribution in [2.24, 2.45) is 0 Å². The van der Waals surface area contributed by atoms with Gasteiger partial charge in [0.05, 0.1) is 22.8 Å². The third-order valence-electron chi connectivity index (χ3n) is 4.35. The fraction of sp³-hybridized carbons (Fsp3) is 0.0556. The SMILES string of the molecule is O[C@@H]1[CH+]c2ccc3ccc4cccc5cc1c2c3c45. The molecule has 1 atom stereocenters. The van der Waals surface area contributed by atoms with Crippen molar-refractivity contribution in [2.75, 3.05) is 0 Å². The molecule has 0 unspecified atom stereocenters. The van der Waals surface area contributed by atoms with Crippen LogP contribution in [0.2, 0.25) is 0 Å². The summed E-state index contributed by atoms with van der Waals surface area (Å²) in [5.41, 5.74) is 2.21. The first-order chi connectivity index (χ1) is 9.33. The lowest BCUT2D eigenvalue weighted by molar-refractivity contribution is 0.221. The van der Waals surface area contributed by atoms with Crippen LogP contribution in [0.4, 0.5) is 0 Å². The van der Waals surface area contributed by atoms with Gasteiger partial charge in [-0.15, -0.1) is 0 Å². The van der Waals surface area contributed by atoms with E-state index in [4.69, 9.17) is 0 Å². The smallest absolute Gasteiger partial charge is 0.156 e. The summed E-state index contributed by atoms with van der Waals surface area (Å²) in [5, 5.41) is 17.8. The predicted molar refractivity (Wildman–Crippen MR) is 78.5 cm³/mol. The zero-order valence-corrected chi connectivity index (χ0v) is 10.2. The van der Waals surface area contributed by atoms with E-state index < -0.39 is 6.10 Å². The molecule has 0 aliphatic heterocycles. The standard InChI is InChI=1S/C18H11O/c19-15-9-13-7-6-11-5-4-10-2-1-3-12-8-14(15)17(13)18(11)16(10)12/h1-9,15,19H/q+1/t15-/m1/s1. The van der Waals surface area contributed by atoms with Crippen LogP contribution in [0, 0.1) is 6.42 Å². The number of aliphatic hydroxyl groups is 1. The molecule has 1 nitrogen and oxygen atoms in total. The Kier molecular flexibility index (Phi) is 1.53. The van der Waals surface area contributed by atoms with Gasteiger partial charge in [0.25, 0.3) is 0 Å². The van der Waals surface area contributed by atoms with Crippen LogP contribution in [0.5, 0.6) is 0 Å². The molecule has 0 aromatic heterocycles. The normalized spacial score (nSPS) is 17.6. The van der Waals surface area contributed by atoms with E-state index in [9.17, 15) is 5.11 Å². The summed E-state index contributed by atoms with van der Waals surface area (Å²) in [7, 11) is 0. The predicted octanol–water partition coefficient (Wildman–Crippen LogP) is 4.18. The van der Waals surface area contributed by atoms with Crippen LogP contribution < -0.4 is 0 Å². The molecule has 0 bridgehead atoms. The van der Waals surface area contributed by atoms with Crippen LogP contribution in [0.15, 0.2) is 48.5 Å². The van der Waals surface area contributed by atoms with Gasteiger partial charge in [-0.2, -0.15) is 0 Å². The minimum atomic E-state index is -0.468. The summed E-state index contributed by atoms with van der Waals surface area (Å²) < 4.78 is 0. The van der Waals surface area contributed by atoms with E-state index in [1.54, 1.807) is 0 Å². The first kappa shape index (κ1) is 9.65. The molecule has 1 aliphatic carbocycles. The van der Waals surface area contributed by atoms with Gasteiger partial charge in [-0.3, -0.25) is 0 Å². The van der Waals surface area contributed by atoms with Crippen molar-refractivity contribution in [3.05, 3.63) is 66.1 Å². The Balaban J connectivity index is 2.23. The van der Waals surface area contributed by atoms with Gasteiger partial charge >= 0.3 is 0 Å². The fourth-order valence-corrected chi connectivity index (χ4v) is 3.54. The molecule has 0 fully saturated rings. The van der Waals surface area contributed by atoms with E-state index in [1.165, 1.54) is 32.3 Å². The first-order valence-electron chi connectivity index (χ1n) is 6.56. The maximum atomic E-state index is 10.2. The second-order valence-electron chi connectivity index (χ2n) is 5.35. The van der Waals surface area contributed by atoms with Crippen LogP contribution in [0.1, 0.15) is 17.2 Å². The minimum absolute atomic E-state index is 0.468. The number of benzene rings is 4. The molecular weight excluding hydrogens is 232 g/mol. The number of rotatable bonds is 0. The molecule has 0 saturated heterocycles. The molecule has 0 amide bonds. The number of hydrogen-bond acceptors (Lipinski definition) is 1. The van der Waals surface area contributed by atoms with E-state index in [0.717, 1.165) is 11.1 Å². The highest BCUT2D eigenvalue weighted by Gasteiger charge is 2.32. The Labute approximate surface area is 110 Å². The molecule has 0 spiro atoms. The van der Waals surface area contributed by atoms with E-state index in [1.807, 2.05) is 6.42 Å². The van der Waals surface area contributed by atoms with Gasteiger partial charge in [-0.25, -0.2) is 0 Å². The fourth-order valence-electron chi connectivity index (χ4n) is 3.54. The van der Waals surface area contributed by atoms with Crippen molar-refractivity contribution in [1.29, 1.82) is 0 Å². The minimum Gasteiger partial charge on any atom is -0.371 e. The molecular formula is C18H11O+. The molecule has 4 aromatic carbocycles. The second kappa shape index (κ2) is 3.01. The lowest BCUT2D eigenvalue weighted by atomic mass is 9.91. The second-order valence-corrected chi connectivity index (χ2v) is 5.35. The molecule has 0 heterocycles. The van der Waals surface area contributed by atoms with Crippen LogP contribution in [0.25, 0.3) is 32.3 Å². The van der Waals surface area contributed by atoms with Crippen molar-refractivity contribution in [1.82, 2.24) is 0 Å². The number of aliphatic hydroxyl groups excluding tert-OH is 1. The highest BCUT2D eigenvalue weighted by Crippen LogP contribution is 2.45. The van der Waals surface area contributed by atoms with Crippen LogP contribution in [0.3, 0.4) is 0 Å². The van der Waals surface area contributed by atoms with Gasteiger partial charge < -0.3 is 5.11 Å². The largest absolute Gasteiger partial charge is 0.371 e. The molecule has 1 N–H and O–H groups in total. The Morgan fingerprint density at radius 2 is 1.53 bits per heavy atom. The van der Waals surface area contributed by atoms with Gasteiger partial charge in [0, 0.05) is 22.9 Å². The number of hydrogen-bond donors (Lipinski definition) is 1. The maximum absolute atomic E-state index is 10.2. The average molecular weight is 243 g/mol. The third-order valence-corrected chi connectivity index (χ3v) is 4.35. The Morgan fingerprint density at radius 3 is 2.42 bits per heavy atom. The van der Waals surface area contributed by atoms with Crippen molar-refractivity contribution >= 4 is 32.3 Å². The van der Waals surface area contributed by atoms with Crippen molar-refractivity contribution in [2.45, 2.75) is 6.10 Å². The summed E-state index contributed by atoms with van der Waals surface area (Å²) in [6.07, 6.45) is 1.48. The van der Waals surface area contributed by atoms with Crippen molar-refractivity contribution in [3.8, 4) is 0 Å².